The number of hydrogen-bond acceptors (Lipinski definition) is 6. The number of hydrogen-bond donors (Lipinski definition) is 0. The Bertz CT molecular complexity index is 559. The maximum atomic E-state index is 5.69. The maximum Gasteiger partial charge on any atom is 0.232 e. The Kier molecular flexibility index (Phi) is 4.70. The molecule has 6 nitrogen and oxygen atoms in total. The van der Waals surface area contributed by atoms with Gasteiger partial charge in [-0.05, 0) is 12.1 Å². The molecule has 1 aliphatic rings. The van der Waals surface area contributed by atoms with Crippen LogP contribution in [-0.2, 0) is 4.74 Å². The second-order valence-corrected chi connectivity index (χ2v) is 4.79. The predicted molar refractivity (Wildman–Crippen MR) is 78.0 cm³/mol. The van der Waals surface area contributed by atoms with Crippen LogP contribution in [-0.4, -0.2) is 59.3 Å². The van der Waals surface area contributed by atoms with Crippen LogP contribution in [0.2, 0.25) is 0 Å². The Morgan fingerprint density at radius 3 is 2.86 bits per heavy atom. The van der Waals surface area contributed by atoms with E-state index < -0.39 is 0 Å². The Morgan fingerprint density at radius 2 is 2.05 bits per heavy atom. The fourth-order valence-corrected chi connectivity index (χ4v) is 2.18. The van der Waals surface area contributed by atoms with Gasteiger partial charge in [-0.15, -0.1) is 0 Å². The lowest BCUT2D eigenvalue weighted by Crippen LogP contribution is -2.38. The molecule has 2 aromatic heterocycles. The SMILES string of the molecule is c1cncc(-c2cncc(OCCN3CCOCC3)n2)c1. The van der Waals surface area contributed by atoms with Crippen LogP contribution in [0, 0.1) is 0 Å². The molecule has 0 amide bonds. The summed E-state index contributed by atoms with van der Waals surface area (Å²) in [5.74, 6) is 0.546. The van der Waals surface area contributed by atoms with Crippen molar-refractivity contribution in [3.8, 4) is 17.1 Å². The lowest BCUT2D eigenvalue weighted by molar-refractivity contribution is 0.0320. The van der Waals surface area contributed by atoms with Crippen molar-refractivity contribution in [2.75, 3.05) is 39.5 Å². The predicted octanol–water partition coefficient (Wildman–Crippen LogP) is 1.25. The van der Waals surface area contributed by atoms with Crippen LogP contribution in [0.15, 0.2) is 36.9 Å². The van der Waals surface area contributed by atoms with Crippen LogP contribution in [0.25, 0.3) is 11.3 Å². The highest BCUT2D eigenvalue weighted by Crippen LogP contribution is 2.16. The van der Waals surface area contributed by atoms with Crippen molar-refractivity contribution in [3.63, 3.8) is 0 Å². The maximum absolute atomic E-state index is 5.69. The highest BCUT2D eigenvalue weighted by molar-refractivity contribution is 5.56. The van der Waals surface area contributed by atoms with E-state index in [2.05, 4.69) is 19.9 Å². The fraction of sp³-hybridized carbons (Fsp3) is 0.400. The molecule has 3 heterocycles. The van der Waals surface area contributed by atoms with Crippen LogP contribution < -0.4 is 4.74 Å². The van der Waals surface area contributed by atoms with Crippen molar-refractivity contribution >= 4 is 0 Å². The number of morpholine rings is 1. The average Bonchev–Trinajstić information content (AvgIpc) is 2.57. The minimum Gasteiger partial charge on any atom is -0.475 e. The van der Waals surface area contributed by atoms with E-state index in [4.69, 9.17) is 9.47 Å². The van der Waals surface area contributed by atoms with E-state index in [1.165, 1.54) is 0 Å². The Balaban J connectivity index is 1.56. The highest BCUT2D eigenvalue weighted by Gasteiger charge is 2.10. The molecule has 0 saturated carbocycles. The normalized spacial score (nSPS) is 15.8. The summed E-state index contributed by atoms with van der Waals surface area (Å²) in [5, 5.41) is 0. The molecule has 21 heavy (non-hydrogen) atoms. The van der Waals surface area contributed by atoms with Crippen LogP contribution in [0.3, 0.4) is 0 Å². The Morgan fingerprint density at radius 1 is 1.14 bits per heavy atom. The zero-order chi connectivity index (χ0) is 14.3. The van der Waals surface area contributed by atoms with Crippen molar-refractivity contribution in [1.29, 1.82) is 0 Å². The number of aromatic nitrogens is 3. The van der Waals surface area contributed by atoms with E-state index in [0.717, 1.165) is 44.1 Å². The molecule has 6 heteroatoms. The van der Waals surface area contributed by atoms with E-state index in [0.29, 0.717) is 12.5 Å². The molecule has 0 radical (unpaired) electrons. The van der Waals surface area contributed by atoms with Crippen molar-refractivity contribution in [3.05, 3.63) is 36.9 Å². The molecule has 0 aromatic carbocycles. The summed E-state index contributed by atoms with van der Waals surface area (Å²) in [7, 11) is 0. The lowest BCUT2D eigenvalue weighted by Gasteiger charge is -2.26. The zero-order valence-electron chi connectivity index (χ0n) is 11.8. The summed E-state index contributed by atoms with van der Waals surface area (Å²) < 4.78 is 11.0. The molecule has 0 aliphatic carbocycles. The number of ether oxygens (including phenoxy) is 2. The average molecular weight is 286 g/mol. The molecule has 0 N–H and O–H groups in total. The van der Waals surface area contributed by atoms with Gasteiger partial charge in [-0.2, -0.15) is 0 Å². The molecule has 0 spiro atoms. The first-order valence-corrected chi connectivity index (χ1v) is 7.07. The van der Waals surface area contributed by atoms with Gasteiger partial charge in [0.25, 0.3) is 0 Å². The highest BCUT2D eigenvalue weighted by atomic mass is 16.5. The van der Waals surface area contributed by atoms with Crippen LogP contribution in [0.4, 0.5) is 0 Å². The van der Waals surface area contributed by atoms with Gasteiger partial charge in [-0.3, -0.25) is 14.9 Å². The molecule has 0 bridgehead atoms. The van der Waals surface area contributed by atoms with E-state index in [9.17, 15) is 0 Å². The molecule has 1 fully saturated rings. The quantitative estimate of drug-likeness (QED) is 0.824. The van der Waals surface area contributed by atoms with Gasteiger partial charge in [0.15, 0.2) is 0 Å². The largest absolute Gasteiger partial charge is 0.475 e. The first-order valence-electron chi connectivity index (χ1n) is 7.07. The first-order chi connectivity index (χ1) is 10.4. The molecule has 0 atom stereocenters. The molecule has 2 aromatic rings. The molecule has 1 saturated heterocycles. The van der Waals surface area contributed by atoms with Gasteiger partial charge in [-0.25, -0.2) is 4.98 Å². The molecular weight excluding hydrogens is 268 g/mol. The molecule has 1 aliphatic heterocycles. The summed E-state index contributed by atoms with van der Waals surface area (Å²) >= 11 is 0. The van der Waals surface area contributed by atoms with Crippen LogP contribution >= 0.6 is 0 Å². The van der Waals surface area contributed by atoms with Gasteiger partial charge < -0.3 is 9.47 Å². The van der Waals surface area contributed by atoms with Crippen molar-refractivity contribution in [2.45, 2.75) is 0 Å². The van der Waals surface area contributed by atoms with Gasteiger partial charge in [0, 0.05) is 37.6 Å². The summed E-state index contributed by atoms with van der Waals surface area (Å²) in [6.45, 7) is 5.01. The molecule has 3 rings (SSSR count). The van der Waals surface area contributed by atoms with Gasteiger partial charge in [-0.1, -0.05) is 0 Å². The zero-order valence-corrected chi connectivity index (χ0v) is 11.8. The lowest BCUT2D eigenvalue weighted by atomic mass is 10.2. The number of pyridine rings is 1. The Hall–Kier alpha value is -2.05. The smallest absolute Gasteiger partial charge is 0.232 e. The van der Waals surface area contributed by atoms with Crippen molar-refractivity contribution in [1.82, 2.24) is 19.9 Å². The topological polar surface area (TPSA) is 60.4 Å². The van der Waals surface area contributed by atoms with Crippen LogP contribution in [0.5, 0.6) is 5.88 Å². The fourth-order valence-electron chi connectivity index (χ4n) is 2.18. The van der Waals surface area contributed by atoms with E-state index in [1.807, 2.05) is 12.1 Å². The van der Waals surface area contributed by atoms with Crippen molar-refractivity contribution in [2.24, 2.45) is 0 Å². The van der Waals surface area contributed by atoms with E-state index in [1.54, 1.807) is 24.8 Å². The second-order valence-electron chi connectivity index (χ2n) is 4.79. The summed E-state index contributed by atoms with van der Waals surface area (Å²) in [6.07, 6.45) is 6.85. The number of rotatable bonds is 5. The standard InChI is InChI=1S/C15H18N4O2/c1-2-13(10-16-3-1)14-11-17-12-15(18-14)21-9-6-19-4-7-20-8-5-19/h1-3,10-12H,4-9H2. The monoisotopic (exact) mass is 286 g/mol. The third kappa shape index (κ3) is 3.96. The summed E-state index contributed by atoms with van der Waals surface area (Å²) in [5.41, 5.74) is 1.70. The Labute approximate surface area is 123 Å². The third-order valence-electron chi connectivity index (χ3n) is 3.33. The van der Waals surface area contributed by atoms with Gasteiger partial charge in [0.05, 0.1) is 31.3 Å². The second kappa shape index (κ2) is 7.10. The van der Waals surface area contributed by atoms with Crippen LogP contribution in [0.1, 0.15) is 0 Å². The molecule has 0 unspecified atom stereocenters. The van der Waals surface area contributed by atoms with E-state index >= 15 is 0 Å². The number of nitrogens with zero attached hydrogens (tertiary/aromatic N) is 4. The van der Waals surface area contributed by atoms with Crippen molar-refractivity contribution < 1.29 is 9.47 Å². The van der Waals surface area contributed by atoms with Gasteiger partial charge in [0.2, 0.25) is 5.88 Å². The minimum absolute atomic E-state index is 0.546. The minimum atomic E-state index is 0.546. The van der Waals surface area contributed by atoms with Gasteiger partial charge in [0.1, 0.15) is 6.61 Å². The summed E-state index contributed by atoms with van der Waals surface area (Å²) in [4.78, 5) is 15.0. The third-order valence-corrected chi connectivity index (χ3v) is 3.33. The first kappa shape index (κ1) is 13.9. The van der Waals surface area contributed by atoms with Gasteiger partial charge >= 0.3 is 0 Å². The van der Waals surface area contributed by atoms with E-state index in [-0.39, 0.29) is 0 Å². The summed E-state index contributed by atoms with van der Waals surface area (Å²) in [6, 6.07) is 3.83. The molecular formula is C15H18N4O2. The molecule has 110 valence electrons.